The van der Waals surface area contributed by atoms with Crippen LogP contribution in [0.4, 0.5) is 0 Å². The van der Waals surface area contributed by atoms with E-state index in [1.807, 2.05) is 4.90 Å². The van der Waals surface area contributed by atoms with Crippen molar-refractivity contribution in [1.82, 2.24) is 9.80 Å². The lowest BCUT2D eigenvalue weighted by Gasteiger charge is -2.38. The van der Waals surface area contributed by atoms with Crippen molar-refractivity contribution in [2.75, 3.05) is 26.7 Å². The van der Waals surface area contributed by atoms with Gasteiger partial charge in [-0.15, -0.1) is 0 Å². The van der Waals surface area contributed by atoms with Crippen LogP contribution in [0.15, 0.2) is 0 Å². The minimum Gasteiger partial charge on any atom is -0.345 e. The Morgan fingerprint density at radius 1 is 1.27 bits per heavy atom. The molecule has 2 aliphatic rings. The Balaban J connectivity index is 1.85. The lowest BCUT2D eigenvalue weighted by molar-refractivity contribution is -0.136. The molecule has 2 atom stereocenters. The fourth-order valence-corrected chi connectivity index (χ4v) is 3.32. The molecule has 1 aliphatic heterocycles. The van der Waals surface area contributed by atoms with E-state index in [2.05, 4.69) is 13.0 Å². The van der Waals surface area contributed by atoms with Gasteiger partial charge in [0.1, 0.15) is 0 Å². The van der Waals surface area contributed by atoms with Gasteiger partial charge in [0.25, 0.3) is 0 Å². The normalized spacial score (nSPS) is 24.7. The van der Waals surface area contributed by atoms with Gasteiger partial charge < -0.3 is 9.80 Å². The summed E-state index contributed by atoms with van der Waals surface area (Å²) in [6, 6.07) is 2.07. The van der Waals surface area contributed by atoms with Crippen LogP contribution >= 0.6 is 0 Å². The summed E-state index contributed by atoms with van der Waals surface area (Å²) in [6.45, 7) is 4.26. The Hall–Kier alpha value is -1.57. The van der Waals surface area contributed by atoms with E-state index in [4.69, 9.17) is 5.26 Å². The van der Waals surface area contributed by atoms with Crippen molar-refractivity contribution >= 4 is 11.8 Å². The zero-order valence-corrected chi connectivity index (χ0v) is 13.8. The number of rotatable bonds is 6. The molecule has 2 rings (SSSR count). The molecule has 1 aliphatic carbocycles. The highest BCUT2D eigenvalue weighted by Crippen LogP contribution is 2.35. The molecule has 22 heavy (non-hydrogen) atoms. The van der Waals surface area contributed by atoms with Crippen LogP contribution in [0, 0.1) is 29.1 Å². The number of piperidine rings is 1. The van der Waals surface area contributed by atoms with Crippen molar-refractivity contribution in [3.63, 3.8) is 0 Å². The van der Waals surface area contributed by atoms with Crippen LogP contribution in [-0.4, -0.2) is 48.3 Å². The molecule has 0 aromatic carbocycles. The molecule has 1 heterocycles. The first-order chi connectivity index (χ1) is 10.6. The maximum Gasteiger partial charge on any atom is 0.225 e. The Morgan fingerprint density at radius 3 is 2.59 bits per heavy atom. The van der Waals surface area contributed by atoms with E-state index in [1.54, 1.807) is 11.9 Å². The summed E-state index contributed by atoms with van der Waals surface area (Å²) in [5, 5.41) is 8.60. The zero-order valence-electron chi connectivity index (χ0n) is 13.8. The van der Waals surface area contributed by atoms with E-state index in [0.717, 1.165) is 38.8 Å². The predicted octanol–water partition coefficient (Wildman–Crippen LogP) is 2.03. The third-order valence-corrected chi connectivity index (χ3v) is 5.08. The van der Waals surface area contributed by atoms with Crippen LogP contribution < -0.4 is 0 Å². The fourth-order valence-electron chi connectivity index (χ4n) is 3.32. The van der Waals surface area contributed by atoms with Gasteiger partial charge in [-0.3, -0.25) is 9.59 Å². The molecule has 5 heteroatoms. The topological polar surface area (TPSA) is 64.4 Å². The molecule has 0 aromatic rings. The number of carbonyl (C=O) groups is 2. The van der Waals surface area contributed by atoms with Gasteiger partial charge in [-0.2, -0.15) is 5.26 Å². The number of amides is 2. The Kier molecular flexibility index (Phi) is 5.82. The Morgan fingerprint density at radius 2 is 2.00 bits per heavy atom. The number of carbonyl (C=O) groups excluding carboxylic acids is 2. The van der Waals surface area contributed by atoms with E-state index in [0.29, 0.717) is 37.1 Å². The van der Waals surface area contributed by atoms with Gasteiger partial charge in [0, 0.05) is 39.0 Å². The quantitative estimate of drug-likeness (QED) is 0.754. The lowest BCUT2D eigenvalue weighted by Crippen LogP contribution is -2.45. The van der Waals surface area contributed by atoms with E-state index < -0.39 is 0 Å². The van der Waals surface area contributed by atoms with Gasteiger partial charge >= 0.3 is 0 Å². The predicted molar refractivity (Wildman–Crippen MR) is 83.7 cm³/mol. The second-order valence-electron chi connectivity index (χ2n) is 6.70. The van der Waals surface area contributed by atoms with E-state index in [-0.39, 0.29) is 11.8 Å². The van der Waals surface area contributed by atoms with Gasteiger partial charge in [0.2, 0.25) is 11.8 Å². The number of hydrogen-bond acceptors (Lipinski definition) is 3. The average molecular weight is 305 g/mol. The third-order valence-electron chi connectivity index (χ3n) is 5.08. The van der Waals surface area contributed by atoms with Crippen LogP contribution in [0.25, 0.3) is 0 Å². The molecule has 2 fully saturated rings. The molecule has 0 bridgehead atoms. The minimum absolute atomic E-state index is 0.126. The summed E-state index contributed by atoms with van der Waals surface area (Å²) in [5.41, 5.74) is 0. The summed E-state index contributed by atoms with van der Waals surface area (Å²) in [4.78, 5) is 28.1. The molecular formula is C17H27N3O2. The van der Waals surface area contributed by atoms with Crippen LogP contribution in [0.3, 0.4) is 0 Å². The monoisotopic (exact) mass is 305 g/mol. The molecule has 1 saturated heterocycles. The van der Waals surface area contributed by atoms with Crippen molar-refractivity contribution < 1.29 is 9.59 Å². The first-order valence-electron chi connectivity index (χ1n) is 8.46. The first kappa shape index (κ1) is 16.8. The van der Waals surface area contributed by atoms with Crippen LogP contribution in [0.1, 0.15) is 45.4 Å². The van der Waals surface area contributed by atoms with Crippen molar-refractivity contribution in [3.8, 4) is 6.07 Å². The van der Waals surface area contributed by atoms with E-state index in [1.165, 1.54) is 0 Å². The third kappa shape index (κ3) is 4.22. The zero-order chi connectivity index (χ0) is 16.1. The van der Waals surface area contributed by atoms with Crippen molar-refractivity contribution in [3.05, 3.63) is 0 Å². The molecule has 1 saturated carbocycles. The van der Waals surface area contributed by atoms with Gasteiger partial charge in [-0.1, -0.05) is 13.3 Å². The standard InChI is InChI=1S/C17H27N3O2/c1-3-13-12-20(17(22)14-5-6-14)10-7-15(13)11-16(21)19(2)9-4-8-18/h13-15H,3-7,9-12H2,1-2H3. The van der Waals surface area contributed by atoms with Crippen molar-refractivity contribution in [1.29, 1.82) is 5.26 Å². The van der Waals surface area contributed by atoms with Crippen LogP contribution in [0.2, 0.25) is 0 Å². The van der Waals surface area contributed by atoms with Crippen LogP contribution in [-0.2, 0) is 9.59 Å². The first-order valence-corrected chi connectivity index (χ1v) is 8.46. The van der Waals surface area contributed by atoms with Crippen molar-refractivity contribution in [2.24, 2.45) is 17.8 Å². The lowest BCUT2D eigenvalue weighted by atomic mass is 9.81. The minimum atomic E-state index is 0.126. The van der Waals surface area contributed by atoms with Crippen molar-refractivity contribution in [2.45, 2.75) is 45.4 Å². The second kappa shape index (κ2) is 7.62. The SMILES string of the molecule is CCC1CN(C(=O)C2CC2)CCC1CC(=O)N(C)CCC#N. The molecule has 0 N–H and O–H groups in total. The molecule has 0 radical (unpaired) electrons. The number of nitrogens with zero attached hydrogens (tertiary/aromatic N) is 3. The summed E-state index contributed by atoms with van der Waals surface area (Å²) in [6.07, 6.45) is 4.97. The number of hydrogen-bond donors (Lipinski definition) is 0. The van der Waals surface area contributed by atoms with Gasteiger partial charge in [-0.25, -0.2) is 0 Å². The van der Waals surface area contributed by atoms with E-state index >= 15 is 0 Å². The average Bonchev–Trinajstić information content (AvgIpc) is 3.36. The highest BCUT2D eigenvalue weighted by Gasteiger charge is 2.38. The molecule has 5 nitrogen and oxygen atoms in total. The molecular weight excluding hydrogens is 278 g/mol. The summed E-state index contributed by atoms with van der Waals surface area (Å²) >= 11 is 0. The molecule has 122 valence electrons. The summed E-state index contributed by atoms with van der Waals surface area (Å²) in [7, 11) is 1.77. The van der Waals surface area contributed by atoms with Gasteiger partial charge in [0.15, 0.2) is 0 Å². The smallest absolute Gasteiger partial charge is 0.225 e. The second-order valence-corrected chi connectivity index (χ2v) is 6.70. The maximum absolute atomic E-state index is 12.2. The van der Waals surface area contributed by atoms with Gasteiger partial charge in [-0.05, 0) is 31.1 Å². The molecule has 2 unspecified atom stereocenters. The van der Waals surface area contributed by atoms with Crippen LogP contribution in [0.5, 0.6) is 0 Å². The summed E-state index contributed by atoms with van der Waals surface area (Å²) in [5.74, 6) is 1.53. The summed E-state index contributed by atoms with van der Waals surface area (Å²) < 4.78 is 0. The fraction of sp³-hybridized carbons (Fsp3) is 0.824. The van der Waals surface area contributed by atoms with E-state index in [9.17, 15) is 9.59 Å². The molecule has 2 amide bonds. The Bertz CT molecular complexity index is 453. The number of nitriles is 1. The Labute approximate surface area is 133 Å². The van der Waals surface area contributed by atoms with Gasteiger partial charge in [0.05, 0.1) is 12.5 Å². The molecule has 0 spiro atoms. The highest BCUT2D eigenvalue weighted by atomic mass is 16.2. The maximum atomic E-state index is 12.2. The number of likely N-dealkylation sites (tertiary alicyclic amines) is 1. The largest absolute Gasteiger partial charge is 0.345 e. The molecule has 0 aromatic heterocycles. The highest BCUT2D eigenvalue weighted by molar-refractivity contribution is 5.81.